The minimum absolute atomic E-state index is 0.216. The standard InChI is InChI=1S/C21H21N3O5/c1-14-7-6-8-16(11-14)23-20(27)12-18(21(23)28)24(15(2)25)22-19(26)13-29-17-9-4-3-5-10-17/h3-11,18H,12-13H2,1-2H3,(H,22,26)/t18-/m0/s1. The minimum atomic E-state index is -1.11. The highest BCUT2D eigenvalue weighted by molar-refractivity contribution is 6.23. The van der Waals surface area contributed by atoms with Crippen molar-refractivity contribution in [3.63, 3.8) is 0 Å². The fourth-order valence-corrected chi connectivity index (χ4v) is 3.06. The zero-order valence-corrected chi connectivity index (χ0v) is 16.1. The summed E-state index contributed by atoms with van der Waals surface area (Å²) < 4.78 is 5.35. The number of rotatable bonds is 5. The molecule has 0 unspecified atom stereocenters. The van der Waals surface area contributed by atoms with E-state index in [0.717, 1.165) is 15.5 Å². The molecule has 150 valence electrons. The summed E-state index contributed by atoms with van der Waals surface area (Å²) in [4.78, 5) is 50.7. The van der Waals surface area contributed by atoms with E-state index in [0.29, 0.717) is 11.4 Å². The van der Waals surface area contributed by atoms with Crippen molar-refractivity contribution >= 4 is 29.3 Å². The number of nitrogens with one attached hydrogen (secondary N) is 1. The average Bonchev–Trinajstić information content (AvgIpc) is 2.99. The Hall–Kier alpha value is -3.68. The van der Waals surface area contributed by atoms with Gasteiger partial charge < -0.3 is 4.74 Å². The van der Waals surface area contributed by atoms with Gasteiger partial charge in [-0.3, -0.25) is 24.6 Å². The predicted octanol–water partition coefficient (Wildman–Crippen LogP) is 1.59. The first-order valence-electron chi connectivity index (χ1n) is 9.07. The third-order valence-corrected chi connectivity index (χ3v) is 4.39. The average molecular weight is 395 g/mol. The number of amides is 4. The van der Waals surface area contributed by atoms with Crippen LogP contribution in [0.4, 0.5) is 5.69 Å². The molecule has 1 atom stereocenters. The highest BCUT2D eigenvalue weighted by Crippen LogP contribution is 2.26. The smallest absolute Gasteiger partial charge is 0.276 e. The summed E-state index contributed by atoms with van der Waals surface area (Å²) >= 11 is 0. The van der Waals surface area contributed by atoms with Crippen LogP contribution in [0.5, 0.6) is 5.75 Å². The van der Waals surface area contributed by atoms with Crippen molar-refractivity contribution < 1.29 is 23.9 Å². The summed E-state index contributed by atoms with van der Waals surface area (Å²) in [5.74, 6) is -1.69. The van der Waals surface area contributed by atoms with Crippen molar-refractivity contribution in [1.82, 2.24) is 10.4 Å². The maximum Gasteiger partial charge on any atom is 0.276 e. The molecule has 29 heavy (non-hydrogen) atoms. The molecule has 0 aliphatic carbocycles. The lowest BCUT2D eigenvalue weighted by Crippen LogP contribution is -2.54. The predicted molar refractivity (Wildman–Crippen MR) is 105 cm³/mol. The van der Waals surface area contributed by atoms with Crippen LogP contribution >= 0.6 is 0 Å². The quantitative estimate of drug-likeness (QED) is 0.613. The van der Waals surface area contributed by atoms with Gasteiger partial charge in [0.2, 0.25) is 11.8 Å². The summed E-state index contributed by atoms with van der Waals surface area (Å²) in [6.07, 6.45) is -0.216. The lowest BCUT2D eigenvalue weighted by Gasteiger charge is -2.26. The maximum absolute atomic E-state index is 12.9. The normalized spacial score (nSPS) is 15.9. The fraction of sp³-hybridized carbons (Fsp3) is 0.238. The number of carbonyl (C=O) groups is 4. The molecule has 1 heterocycles. The van der Waals surface area contributed by atoms with Crippen LogP contribution in [-0.2, 0) is 19.2 Å². The number of nitrogens with zero attached hydrogens (tertiary/aromatic N) is 2. The van der Waals surface area contributed by atoms with Crippen LogP contribution in [-0.4, -0.2) is 41.3 Å². The van der Waals surface area contributed by atoms with Crippen molar-refractivity contribution in [2.24, 2.45) is 0 Å². The van der Waals surface area contributed by atoms with E-state index >= 15 is 0 Å². The topological polar surface area (TPSA) is 96.0 Å². The molecular formula is C21H21N3O5. The molecular weight excluding hydrogens is 374 g/mol. The van der Waals surface area contributed by atoms with Gasteiger partial charge in [0.25, 0.3) is 11.8 Å². The molecule has 0 radical (unpaired) electrons. The van der Waals surface area contributed by atoms with Crippen LogP contribution in [0.3, 0.4) is 0 Å². The lowest BCUT2D eigenvalue weighted by atomic mass is 10.2. The fourth-order valence-electron chi connectivity index (χ4n) is 3.06. The Morgan fingerprint density at radius 3 is 2.52 bits per heavy atom. The number of hydrogen-bond donors (Lipinski definition) is 1. The summed E-state index contributed by atoms with van der Waals surface area (Å²) in [5.41, 5.74) is 3.71. The number of anilines is 1. The van der Waals surface area contributed by atoms with Crippen molar-refractivity contribution in [3.8, 4) is 5.75 Å². The molecule has 0 aromatic heterocycles. The zero-order valence-electron chi connectivity index (χ0n) is 16.1. The number of hydrazine groups is 1. The van der Waals surface area contributed by atoms with E-state index in [1.54, 1.807) is 42.5 Å². The highest BCUT2D eigenvalue weighted by atomic mass is 16.5. The first-order valence-corrected chi connectivity index (χ1v) is 9.07. The minimum Gasteiger partial charge on any atom is -0.484 e. The van der Waals surface area contributed by atoms with Gasteiger partial charge in [-0.1, -0.05) is 30.3 Å². The molecule has 0 saturated carbocycles. The lowest BCUT2D eigenvalue weighted by molar-refractivity contribution is -0.146. The third kappa shape index (κ3) is 4.60. The molecule has 1 aliphatic heterocycles. The number of benzene rings is 2. The molecule has 8 heteroatoms. The van der Waals surface area contributed by atoms with Gasteiger partial charge in [0.1, 0.15) is 11.8 Å². The largest absolute Gasteiger partial charge is 0.484 e. The van der Waals surface area contributed by atoms with Gasteiger partial charge in [-0.05, 0) is 36.8 Å². The van der Waals surface area contributed by atoms with Crippen molar-refractivity contribution in [1.29, 1.82) is 0 Å². The molecule has 3 rings (SSSR count). The summed E-state index contributed by atoms with van der Waals surface area (Å²) in [6, 6.07) is 14.6. The maximum atomic E-state index is 12.9. The number of carbonyl (C=O) groups excluding carboxylic acids is 4. The molecule has 1 N–H and O–H groups in total. The highest BCUT2D eigenvalue weighted by Gasteiger charge is 2.44. The zero-order chi connectivity index (χ0) is 21.0. The van der Waals surface area contributed by atoms with Crippen LogP contribution in [0.2, 0.25) is 0 Å². The Bertz CT molecular complexity index is 944. The second-order valence-electron chi connectivity index (χ2n) is 6.65. The van der Waals surface area contributed by atoms with Gasteiger partial charge >= 0.3 is 0 Å². The van der Waals surface area contributed by atoms with E-state index < -0.39 is 29.7 Å². The van der Waals surface area contributed by atoms with Gasteiger partial charge in [-0.25, -0.2) is 9.91 Å². The Balaban J connectivity index is 1.70. The van der Waals surface area contributed by atoms with E-state index in [4.69, 9.17) is 4.74 Å². The molecule has 1 fully saturated rings. The Labute approximate surface area is 168 Å². The molecule has 0 bridgehead atoms. The van der Waals surface area contributed by atoms with Crippen LogP contribution in [0, 0.1) is 6.92 Å². The van der Waals surface area contributed by atoms with Gasteiger partial charge in [-0.15, -0.1) is 0 Å². The van der Waals surface area contributed by atoms with Gasteiger partial charge in [-0.2, -0.15) is 0 Å². The molecule has 4 amide bonds. The van der Waals surface area contributed by atoms with Crippen molar-refractivity contribution in [2.75, 3.05) is 11.5 Å². The second-order valence-corrected chi connectivity index (χ2v) is 6.65. The second kappa shape index (κ2) is 8.55. The summed E-state index contributed by atoms with van der Waals surface area (Å²) in [5, 5.41) is 0.896. The molecule has 0 spiro atoms. The van der Waals surface area contributed by atoms with E-state index in [1.807, 2.05) is 19.1 Å². The van der Waals surface area contributed by atoms with E-state index in [1.165, 1.54) is 6.92 Å². The van der Waals surface area contributed by atoms with E-state index in [2.05, 4.69) is 5.43 Å². The summed E-state index contributed by atoms with van der Waals surface area (Å²) in [6.45, 7) is 2.72. The monoisotopic (exact) mass is 395 g/mol. The Morgan fingerprint density at radius 2 is 1.86 bits per heavy atom. The molecule has 2 aromatic rings. The number of ether oxygens (including phenoxy) is 1. The van der Waals surface area contributed by atoms with Crippen molar-refractivity contribution in [2.45, 2.75) is 26.3 Å². The molecule has 2 aromatic carbocycles. The van der Waals surface area contributed by atoms with Crippen LogP contribution in [0.1, 0.15) is 18.9 Å². The van der Waals surface area contributed by atoms with Crippen LogP contribution in [0.15, 0.2) is 54.6 Å². The summed E-state index contributed by atoms with van der Waals surface area (Å²) in [7, 11) is 0. The van der Waals surface area contributed by atoms with Crippen molar-refractivity contribution in [3.05, 3.63) is 60.2 Å². The molecule has 1 aliphatic rings. The van der Waals surface area contributed by atoms with E-state index in [-0.39, 0.29) is 13.0 Å². The van der Waals surface area contributed by atoms with Crippen LogP contribution in [0.25, 0.3) is 0 Å². The number of hydrogen-bond acceptors (Lipinski definition) is 5. The molecule has 8 nitrogen and oxygen atoms in total. The van der Waals surface area contributed by atoms with Gasteiger partial charge in [0, 0.05) is 6.92 Å². The number of aryl methyl sites for hydroxylation is 1. The number of para-hydroxylation sites is 1. The number of imide groups is 1. The first kappa shape index (κ1) is 20.1. The first-order chi connectivity index (χ1) is 13.9. The SMILES string of the molecule is CC(=O)N(NC(=O)COc1ccccc1)[C@H]1CC(=O)N(c2cccc(C)c2)C1=O. The Morgan fingerprint density at radius 1 is 1.14 bits per heavy atom. The van der Waals surface area contributed by atoms with Crippen LogP contribution < -0.4 is 15.1 Å². The third-order valence-electron chi connectivity index (χ3n) is 4.39. The molecule has 1 saturated heterocycles. The van der Waals surface area contributed by atoms with Gasteiger partial charge in [0.15, 0.2) is 6.61 Å². The van der Waals surface area contributed by atoms with Gasteiger partial charge in [0.05, 0.1) is 12.1 Å². The Kier molecular flexibility index (Phi) is 5.92. The van der Waals surface area contributed by atoms with E-state index in [9.17, 15) is 19.2 Å².